The van der Waals surface area contributed by atoms with Crippen molar-refractivity contribution in [2.24, 2.45) is 5.92 Å². The lowest BCUT2D eigenvalue weighted by Crippen LogP contribution is -2.41. The van der Waals surface area contributed by atoms with Gasteiger partial charge in [-0.15, -0.1) is 0 Å². The van der Waals surface area contributed by atoms with Crippen LogP contribution in [0.15, 0.2) is 18.5 Å². The number of hydrogen-bond acceptors (Lipinski definition) is 4. The van der Waals surface area contributed by atoms with Crippen molar-refractivity contribution >= 4 is 5.91 Å². The van der Waals surface area contributed by atoms with Crippen molar-refractivity contribution < 1.29 is 9.90 Å². The standard InChI is InChI=1S/C15H23N3O2/c1-2-6-18(11-12-4-3-5-16-8-12)15(20)13-7-14(19)10-17-9-13/h7,9-10,12,16,19H,2-6,8,11H2,1H3. The van der Waals surface area contributed by atoms with E-state index >= 15 is 0 Å². The van der Waals surface area contributed by atoms with Crippen LogP contribution in [0.25, 0.3) is 0 Å². The maximum absolute atomic E-state index is 12.5. The van der Waals surface area contributed by atoms with E-state index in [-0.39, 0.29) is 11.7 Å². The zero-order valence-corrected chi connectivity index (χ0v) is 12.0. The molecule has 1 fully saturated rings. The minimum atomic E-state index is -0.0409. The molecule has 1 aromatic rings. The van der Waals surface area contributed by atoms with Crippen LogP contribution < -0.4 is 5.32 Å². The number of aromatic nitrogens is 1. The lowest BCUT2D eigenvalue weighted by molar-refractivity contribution is 0.0718. The second-order valence-electron chi connectivity index (χ2n) is 5.40. The highest BCUT2D eigenvalue weighted by atomic mass is 16.3. The number of carbonyl (C=O) groups is 1. The number of nitrogens with zero attached hydrogens (tertiary/aromatic N) is 2. The van der Waals surface area contributed by atoms with Crippen molar-refractivity contribution in [3.05, 3.63) is 24.0 Å². The third-order valence-electron chi connectivity index (χ3n) is 3.63. The van der Waals surface area contributed by atoms with Gasteiger partial charge in [-0.05, 0) is 44.3 Å². The van der Waals surface area contributed by atoms with Gasteiger partial charge in [0, 0.05) is 19.3 Å². The van der Waals surface area contributed by atoms with E-state index in [1.807, 2.05) is 4.90 Å². The summed E-state index contributed by atoms with van der Waals surface area (Å²) in [5.74, 6) is 0.511. The molecule has 0 radical (unpaired) electrons. The molecule has 1 aliphatic heterocycles. The first-order valence-corrected chi connectivity index (χ1v) is 7.34. The quantitative estimate of drug-likeness (QED) is 0.858. The van der Waals surface area contributed by atoms with Crippen LogP contribution in [0.5, 0.6) is 5.75 Å². The average molecular weight is 277 g/mol. The SMILES string of the molecule is CCCN(CC1CCCNC1)C(=O)c1cncc(O)c1. The summed E-state index contributed by atoms with van der Waals surface area (Å²) in [7, 11) is 0. The summed E-state index contributed by atoms with van der Waals surface area (Å²) in [6, 6.07) is 1.48. The van der Waals surface area contributed by atoms with E-state index in [0.717, 1.165) is 32.6 Å². The molecule has 1 aromatic heterocycles. The predicted octanol–water partition coefficient (Wildman–Crippen LogP) is 1.64. The molecule has 20 heavy (non-hydrogen) atoms. The summed E-state index contributed by atoms with van der Waals surface area (Å²) in [6.07, 6.45) is 6.12. The molecule has 5 nitrogen and oxygen atoms in total. The molecule has 2 heterocycles. The maximum atomic E-state index is 12.5. The number of carbonyl (C=O) groups excluding carboxylic acids is 1. The maximum Gasteiger partial charge on any atom is 0.255 e. The highest BCUT2D eigenvalue weighted by molar-refractivity contribution is 5.94. The van der Waals surface area contributed by atoms with E-state index in [9.17, 15) is 9.90 Å². The van der Waals surface area contributed by atoms with Crippen LogP contribution >= 0.6 is 0 Å². The third kappa shape index (κ3) is 3.93. The summed E-state index contributed by atoms with van der Waals surface area (Å²) in [4.78, 5) is 18.3. The summed E-state index contributed by atoms with van der Waals surface area (Å²) >= 11 is 0. The second kappa shape index (κ2) is 7.24. The van der Waals surface area contributed by atoms with Crippen LogP contribution in [0.1, 0.15) is 36.5 Å². The second-order valence-corrected chi connectivity index (χ2v) is 5.40. The molecule has 1 aliphatic rings. The summed E-state index contributed by atoms with van der Waals surface area (Å²) < 4.78 is 0. The Kier molecular flexibility index (Phi) is 5.35. The summed E-state index contributed by atoms with van der Waals surface area (Å²) in [5.41, 5.74) is 0.460. The molecule has 2 rings (SSSR count). The van der Waals surface area contributed by atoms with Crippen LogP contribution in [-0.2, 0) is 0 Å². The first kappa shape index (κ1) is 14.8. The van der Waals surface area contributed by atoms with Crippen LogP contribution in [0, 0.1) is 5.92 Å². The van der Waals surface area contributed by atoms with Crippen molar-refractivity contribution in [1.82, 2.24) is 15.2 Å². The molecular formula is C15H23N3O2. The Morgan fingerprint density at radius 3 is 3.05 bits per heavy atom. The number of pyridine rings is 1. The van der Waals surface area contributed by atoms with Gasteiger partial charge in [-0.25, -0.2) is 0 Å². The van der Waals surface area contributed by atoms with Gasteiger partial charge < -0.3 is 15.3 Å². The number of amides is 1. The Morgan fingerprint density at radius 2 is 2.40 bits per heavy atom. The Labute approximate surface area is 120 Å². The number of nitrogens with one attached hydrogen (secondary N) is 1. The van der Waals surface area contributed by atoms with E-state index in [0.29, 0.717) is 11.5 Å². The molecule has 1 amide bonds. The molecule has 0 aromatic carbocycles. The molecule has 1 unspecified atom stereocenters. The van der Waals surface area contributed by atoms with Gasteiger partial charge in [0.05, 0.1) is 11.8 Å². The smallest absolute Gasteiger partial charge is 0.255 e. The van der Waals surface area contributed by atoms with Gasteiger partial charge in [-0.2, -0.15) is 0 Å². The van der Waals surface area contributed by atoms with E-state index in [1.54, 1.807) is 0 Å². The lowest BCUT2D eigenvalue weighted by Gasteiger charge is -2.30. The molecular weight excluding hydrogens is 254 g/mol. The van der Waals surface area contributed by atoms with Gasteiger partial charge in [0.25, 0.3) is 5.91 Å². The minimum absolute atomic E-state index is 0.0339. The number of aromatic hydroxyl groups is 1. The molecule has 0 bridgehead atoms. The van der Waals surface area contributed by atoms with E-state index in [1.165, 1.54) is 31.3 Å². The molecule has 1 atom stereocenters. The lowest BCUT2D eigenvalue weighted by atomic mass is 9.98. The fourth-order valence-electron chi connectivity index (χ4n) is 2.66. The van der Waals surface area contributed by atoms with Crippen molar-refractivity contribution in [2.45, 2.75) is 26.2 Å². The van der Waals surface area contributed by atoms with Crippen LogP contribution in [0.4, 0.5) is 0 Å². The highest BCUT2D eigenvalue weighted by Gasteiger charge is 2.21. The number of piperidine rings is 1. The van der Waals surface area contributed by atoms with Gasteiger partial charge in [-0.1, -0.05) is 6.92 Å². The fraction of sp³-hybridized carbons (Fsp3) is 0.600. The molecule has 0 saturated carbocycles. The molecule has 1 saturated heterocycles. The Bertz CT molecular complexity index is 444. The van der Waals surface area contributed by atoms with Gasteiger partial charge in [0.1, 0.15) is 5.75 Å². The molecule has 0 spiro atoms. The zero-order chi connectivity index (χ0) is 14.4. The fourth-order valence-corrected chi connectivity index (χ4v) is 2.66. The Morgan fingerprint density at radius 1 is 1.55 bits per heavy atom. The topological polar surface area (TPSA) is 65.5 Å². The van der Waals surface area contributed by atoms with Crippen molar-refractivity contribution in [1.29, 1.82) is 0 Å². The van der Waals surface area contributed by atoms with E-state index in [4.69, 9.17) is 0 Å². The van der Waals surface area contributed by atoms with Crippen molar-refractivity contribution in [2.75, 3.05) is 26.2 Å². The number of rotatable bonds is 5. The predicted molar refractivity (Wildman–Crippen MR) is 77.7 cm³/mol. The normalized spacial score (nSPS) is 18.8. The van der Waals surface area contributed by atoms with Gasteiger partial charge >= 0.3 is 0 Å². The molecule has 5 heteroatoms. The van der Waals surface area contributed by atoms with Crippen LogP contribution in [-0.4, -0.2) is 47.1 Å². The van der Waals surface area contributed by atoms with Crippen LogP contribution in [0.2, 0.25) is 0 Å². The molecule has 0 aliphatic carbocycles. The Hall–Kier alpha value is -1.62. The first-order valence-electron chi connectivity index (χ1n) is 7.34. The van der Waals surface area contributed by atoms with Crippen molar-refractivity contribution in [3.63, 3.8) is 0 Å². The number of hydrogen-bond donors (Lipinski definition) is 2. The molecule has 110 valence electrons. The minimum Gasteiger partial charge on any atom is -0.506 e. The highest BCUT2D eigenvalue weighted by Crippen LogP contribution is 2.16. The van der Waals surface area contributed by atoms with Gasteiger partial charge in [0.2, 0.25) is 0 Å². The van der Waals surface area contributed by atoms with E-state index in [2.05, 4.69) is 17.2 Å². The monoisotopic (exact) mass is 277 g/mol. The van der Waals surface area contributed by atoms with Gasteiger partial charge in [-0.3, -0.25) is 9.78 Å². The summed E-state index contributed by atoms with van der Waals surface area (Å²) in [5, 5.41) is 12.8. The first-order chi connectivity index (χ1) is 9.70. The zero-order valence-electron chi connectivity index (χ0n) is 12.0. The Balaban J connectivity index is 2.04. The largest absolute Gasteiger partial charge is 0.506 e. The van der Waals surface area contributed by atoms with Crippen molar-refractivity contribution in [3.8, 4) is 5.75 Å². The average Bonchev–Trinajstić information content (AvgIpc) is 2.47. The molecule has 2 N–H and O–H groups in total. The van der Waals surface area contributed by atoms with E-state index < -0.39 is 0 Å². The van der Waals surface area contributed by atoms with Gasteiger partial charge in [0.15, 0.2) is 0 Å². The third-order valence-corrected chi connectivity index (χ3v) is 3.63. The van der Waals surface area contributed by atoms with Crippen LogP contribution in [0.3, 0.4) is 0 Å². The summed E-state index contributed by atoms with van der Waals surface area (Å²) in [6.45, 7) is 5.64.